The lowest BCUT2D eigenvalue weighted by Gasteiger charge is -2.20. The van der Waals surface area contributed by atoms with Crippen molar-refractivity contribution in [2.24, 2.45) is 0 Å². The van der Waals surface area contributed by atoms with E-state index in [0.29, 0.717) is 33.1 Å². The summed E-state index contributed by atoms with van der Waals surface area (Å²) < 4.78 is 52.0. The second kappa shape index (κ2) is 10.6. The van der Waals surface area contributed by atoms with E-state index in [9.17, 15) is 17.6 Å². The summed E-state index contributed by atoms with van der Waals surface area (Å²) in [5.74, 6) is 0.161. The fourth-order valence-corrected chi connectivity index (χ4v) is 5.90. The molecular formula is C25H26FNO5S2. The second-order valence-electron chi connectivity index (χ2n) is 7.60. The maximum absolute atomic E-state index is 13.5. The summed E-state index contributed by atoms with van der Waals surface area (Å²) in [5.41, 5.74) is 2.06. The van der Waals surface area contributed by atoms with Crippen molar-refractivity contribution in [3.05, 3.63) is 82.7 Å². The number of esters is 1. The number of methoxy groups -OCH3 is 1. The maximum atomic E-state index is 13.5. The van der Waals surface area contributed by atoms with E-state index in [-0.39, 0.29) is 22.8 Å². The zero-order valence-electron chi connectivity index (χ0n) is 19.6. The molecule has 0 atom stereocenters. The minimum absolute atomic E-state index is 0.0250. The van der Waals surface area contributed by atoms with Crippen LogP contribution in [0.3, 0.4) is 0 Å². The van der Waals surface area contributed by atoms with Gasteiger partial charge in [0.05, 0.1) is 17.6 Å². The molecule has 0 heterocycles. The molecular weight excluding hydrogens is 477 g/mol. The van der Waals surface area contributed by atoms with E-state index in [1.165, 1.54) is 23.0 Å². The molecule has 0 radical (unpaired) electrons. The lowest BCUT2D eigenvalue weighted by Crippen LogP contribution is -2.25. The van der Waals surface area contributed by atoms with E-state index >= 15 is 0 Å². The Labute approximate surface area is 203 Å². The number of rotatable bonds is 8. The number of halogens is 1. The van der Waals surface area contributed by atoms with Crippen LogP contribution in [0.25, 0.3) is 0 Å². The van der Waals surface area contributed by atoms with Crippen LogP contribution in [-0.4, -0.2) is 31.8 Å². The molecule has 3 aromatic carbocycles. The van der Waals surface area contributed by atoms with Gasteiger partial charge in [0.15, 0.2) is 0 Å². The van der Waals surface area contributed by atoms with Gasteiger partial charge in [-0.15, -0.1) is 3.71 Å². The van der Waals surface area contributed by atoms with Crippen molar-refractivity contribution in [1.29, 1.82) is 0 Å². The van der Waals surface area contributed by atoms with Gasteiger partial charge < -0.3 is 9.47 Å². The first-order valence-corrected chi connectivity index (χ1v) is 12.7. The monoisotopic (exact) mass is 503 g/mol. The SMILES string of the molecule is CCN(Sc1ccc(Oc2ccc(F)c(C)c2)cc1)S(=O)(=O)c1cc(C)c(C)c(C(=O)OC)c1. The first-order valence-electron chi connectivity index (χ1n) is 10.5. The molecule has 34 heavy (non-hydrogen) atoms. The zero-order chi connectivity index (χ0) is 25.0. The van der Waals surface area contributed by atoms with Crippen LogP contribution < -0.4 is 4.74 Å². The Hall–Kier alpha value is -2.88. The Morgan fingerprint density at radius 3 is 2.21 bits per heavy atom. The third-order valence-electron chi connectivity index (χ3n) is 5.27. The minimum atomic E-state index is -3.90. The van der Waals surface area contributed by atoms with Gasteiger partial charge in [-0.3, -0.25) is 0 Å². The number of hydrogen-bond acceptors (Lipinski definition) is 6. The average molecular weight is 504 g/mol. The topological polar surface area (TPSA) is 72.9 Å². The summed E-state index contributed by atoms with van der Waals surface area (Å²) in [6.45, 7) is 7.11. The Morgan fingerprint density at radius 1 is 0.971 bits per heavy atom. The summed E-state index contributed by atoms with van der Waals surface area (Å²) in [5, 5.41) is 0. The van der Waals surface area contributed by atoms with Crippen LogP contribution in [0.5, 0.6) is 11.5 Å². The van der Waals surface area contributed by atoms with Crippen LogP contribution in [-0.2, 0) is 14.8 Å². The van der Waals surface area contributed by atoms with Crippen LogP contribution in [0.4, 0.5) is 4.39 Å². The zero-order valence-corrected chi connectivity index (χ0v) is 21.2. The molecule has 0 N–H and O–H groups in total. The molecule has 0 aliphatic heterocycles. The molecule has 0 saturated carbocycles. The van der Waals surface area contributed by atoms with Gasteiger partial charge in [-0.2, -0.15) is 0 Å². The Kier molecular flexibility index (Phi) is 8.01. The molecule has 0 spiro atoms. The van der Waals surface area contributed by atoms with E-state index < -0.39 is 16.0 Å². The summed E-state index contributed by atoms with van der Waals surface area (Å²) in [7, 11) is -2.64. The first kappa shape index (κ1) is 25.7. The van der Waals surface area contributed by atoms with Crippen LogP contribution in [0, 0.1) is 26.6 Å². The normalized spacial score (nSPS) is 11.5. The molecule has 0 fully saturated rings. The predicted molar refractivity (Wildman–Crippen MR) is 130 cm³/mol. The highest BCUT2D eigenvalue weighted by molar-refractivity contribution is 8.08. The van der Waals surface area contributed by atoms with Crippen molar-refractivity contribution in [3.8, 4) is 11.5 Å². The molecule has 0 aliphatic rings. The predicted octanol–water partition coefficient (Wildman–Crippen LogP) is 6.05. The van der Waals surface area contributed by atoms with E-state index in [0.717, 1.165) is 11.9 Å². The standard InChI is InChI=1S/C25H26FNO5S2/c1-6-27(34(29,30)22-14-16(2)18(4)23(15-22)25(28)31-5)33-21-10-7-19(8-11-21)32-20-9-12-24(26)17(3)13-20/h7-15H,6H2,1-5H3. The number of hydrogen-bond donors (Lipinski definition) is 0. The number of carbonyl (C=O) groups is 1. The number of aryl methyl sites for hydroxylation is 2. The van der Waals surface area contributed by atoms with Crippen molar-refractivity contribution in [2.45, 2.75) is 37.5 Å². The lowest BCUT2D eigenvalue weighted by molar-refractivity contribution is 0.0599. The van der Waals surface area contributed by atoms with E-state index in [2.05, 4.69) is 0 Å². The van der Waals surface area contributed by atoms with E-state index in [1.54, 1.807) is 70.2 Å². The van der Waals surface area contributed by atoms with Gasteiger partial charge in [0.1, 0.15) is 17.3 Å². The number of carbonyl (C=O) groups excluding carboxylic acids is 1. The fraction of sp³-hybridized carbons (Fsp3) is 0.240. The average Bonchev–Trinajstić information content (AvgIpc) is 2.81. The van der Waals surface area contributed by atoms with Crippen LogP contribution >= 0.6 is 11.9 Å². The van der Waals surface area contributed by atoms with Gasteiger partial charge in [-0.25, -0.2) is 17.6 Å². The molecule has 9 heteroatoms. The van der Waals surface area contributed by atoms with Crippen LogP contribution in [0.1, 0.15) is 34.0 Å². The molecule has 0 amide bonds. The van der Waals surface area contributed by atoms with Crippen molar-refractivity contribution in [2.75, 3.05) is 13.7 Å². The van der Waals surface area contributed by atoms with Gasteiger partial charge in [-0.05, 0) is 104 Å². The number of benzene rings is 3. The molecule has 3 rings (SSSR count). The highest BCUT2D eigenvalue weighted by atomic mass is 32.3. The highest BCUT2D eigenvalue weighted by Crippen LogP contribution is 2.33. The quantitative estimate of drug-likeness (QED) is 0.275. The lowest BCUT2D eigenvalue weighted by atomic mass is 10.0. The van der Waals surface area contributed by atoms with Crippen LogP contribution in [0.15, 0.2) is 64.4 Å². The summed E-state index contributed by atoms with van der Waals surface area (Å²) in [6.07, 6.45) is 0. The number of sulfonamides is 1. The second-order valence-corrected chi connectivity index (χ2v) is 10.8. The number of ether oxygens (including phenoxy) is 2. The third kappa shape index (κ3) is 5.60. The summed E-state index contributed by atoms with van der Waals surface area (Å²) in [6, 6.07) is 14.3. The van der Waals surface area contributed by atoms with Crippen LogP contribution in [0.2, 0.25) is 0 Å². The van der Waals surface area contributed by atoms with Gasteiger partial charge in [0, 0.05) is 11.4 Å². The molecule has 0 bridgehead atoms. The molecule has 3 aromatic rings. The minimum Gasteiger partial charge on any atom is -0.465 e. The fourth-order valence-electron chi connectivity index (χ4n) is 3.20. The Bertz CT molecular complexity index is 1310. The molecule has 0 unspecified atom stereocenters. The van der Waals surface area contributed by atoms with Crippen molar-refractivity contribution in [1.82, 2.24) is 3.71 Å². The molecule has 180 valence electrons. The van der Waals surface area contributed by atoms with Gasteiger partial charge in [0.25, 0.3) is 10.0 Å². The van der Waals surface area contributed by atoms with Crippen molar-refractivity contribution in [3.63, 3.8) is 0 Å². The summed E-state index contributed by atoms with van der Waals surface area (Å²) >= 11 is 1.06. The first-order chi connectivity index (χ1) is 16.1. The van der Waals surface area contributed by atoms with Gasteiger partial charge in [0.2, 0.25) is 0 Å². The van der Waals surface area contributed by atoms with E-state index in [4.69, 9.17) is 9.47 Å². The largest absolute Gasteiger partial charge is 0.465 e. The van der Waals surface area contributed by atoms with Crippen molar-refractivity contribution >= 4 is 27.9 Å². The Morgan fingerprint density at radius 2 is 1.62 bits per heavy atom. The molecule has 0 aromatic heterocycles. The highest BCUT2D eigenvalue weighted by Gasteiger charge is 2.27. The van der Waals surface area contributed by atoms with E-state index in [1.807, 2.05) is 0 Å². The number of nitrogens with zero attached hydrogens (tertiary/aromatic N) is 1. The summed E-state index contributed by atoms with van der Waals surface area (Å²) in [4.78, 5) is 12.8. The third-order valence-corrected chi connectivity index (χ3v) is 8.65. The molecule has 0 saturated heterocycles. The van der Waals surface area contributed by atoms with Gasteiger partial charge >= 0.3 is 5.97 Å². The Balaban J connectivity index is 1.82. The molecule has 6 nitrogen and oxygen atoms in total. The van der Waals surface area contributed by atoms with Crippen molar-refractivity contribution < 1.29 is 27.1 Å². The molecule has 0 aliphatic carbocycles. The smallest absolute Gasteiger partial charge is 0.338 e. The van der Waals surface area contributed by atoms with Gasteiger partial charge in [-0.1, -0.05) is 6.92 Å². The maximum Gasteiger partial charge on any atom is 0.338 e.